The largest absolute Gasteiger partial charge is 0.341 e. The van der Waals surface area contributed by atoms with E-state index < -0.39 is 0 Å². The lowest BCUT2D eigenvalue weighted by Gasteiger charge is -2.06. The van der Waals surface area contributed by atoms with E-state index >= 15 is 0 Å². The van der Waals surface area contributed by atoms with Crippen molar-refractivity contribution in [3.8, 4) is 0 Å². The first-order valence-corrected chi connectivity index (χ1v) is 8.40. The molecule has 4 nitrogen and oxygen atoms in total. The number of amides is 1. The fourth-order valence-corrected chi connectivity index (χ4v) is 3.19. The molecule has 24 heavy (non-hydrogen) atoms. The number of ketones is 1. The van der Waals surface area contributed by atoms with Crippen molar-refractivity contribution in [1.29, 1.82) is 0 Å². The molecule has 1 aromatic heterocycles. The van der Waals surface area contributed by atoms with E-state index in [9.17, 15) is 9.59 Å². The van der Waals surface area contributed by atoms with Gasteiger partial charge in [-0.1, -0.05) is 18.2 Å². The Morgan fingerprint density at radius 1 is 1.00 bits per heavy atom. The molecular formula is C20H22N2O2. The fraction of sp³-hybridized carbons (Fsp3) is 0.300. The van der Waals surface area contributed by atoms with E-state index in [2.05, 4.69) is 35.0 Å². The molecule has 0 bridgehead atoms. The quantitative estimate of drug-likeness (QED) is 0.726. The Hall–Kier alpha value is -2.62. The zero-order chi connectivity index (χ0) is 17.1. The number of carbonyl (C=O) groups excluding carboxylic acids is 2. The number of Topliss-reactive ketones (excluding diaryl/α,β-unsaturated/α-hetero) is 1. The summed E-state index contributed by atoms with van der Waals surface area (Å²) >= 11 is 0. The zero-order valence-electron chi connectivity index (χ0n) is 14.1. The van der Waals surface area contributed by atoms with Crippen LogP contribution < -0.4 is 5.32 Å². The summed E-state index contributed by atoms with van der Waals surface area (Å²) in [5, 5.41) is 5.28. The van der Waals surface area contributed by atoms with Crippen LogP contribution in [-0.4, -0.2) is 16.3 Å². The van der Waals surface area contributed by atoms with Gasteiger partial charge in [0.1, 0.15) is 5.78 Å². The van der Waals surface area contributed by atoms with E-state index in [1.165, 1.54) is 16.4 Å². The average Bonchev–Trinajstić information content (AvgIpc) is 2.87. The number of benzene rings is 2. The Balaban J connectivity index is 1.87. The van der Waals surface area contributed by atoms with Gasteiger partial charge in [0.15, 0.2) is 0 Å². The smallest absolute Gasteiger partial charge is 0.224 e. The molecule has 1 N–H and O–H groups in total. The zero-order valence-corrected chi connectivity index (χ0v) is 14.1. The van der Waals surface area contributed by atoms with Crippen molar-refractivity contribution in [2.45, 2.75) is 39.7 Å². The van der Waals surface area contributed by atoms with Crippen LogP contribution in [0.2, 0.25) is 0 Å². The van der Waals surface area contributed by atoms with Gasteiger partial charge in [-0.2, -0.15) is 0 Å². The predicted octanol–water partition coefficient (Wildman–Crippen LogP) is 4.51. The third kappa shape index (κ3) is 3.18. The molecule has 0 spiro atoms. The first kappa shape index (κ1) is 16.2. The summed E-state index contributed by atoms with van der Waals surface area (Å²) in [5.74, 6) is 0.0754. The second-order valence-electron chi connectivity index (χ2n) is 6.10. The van der Waals surface area contributed by atoms with Gasteiger partial charge in [0.05, 0.1) is 0 Å². The summed E-state index contributed by atoms with van der Waals surface area (Å²) in [6.07, 6.45) is 1.42. The highest BCUT2D eigenvalue weighted by Gasteiger charge is 2.10. The summed E-state index contributed by atoms with van der Waals surface area (Å²) in [6.45, 7) is 4.59. The summed E-state index contributed by atoms with van der Waals surface area (Å²) < 4.78 is 2.28. The summed E-state index contributed by atoms with van der Waals surface area (Å²) in [4.78, 5) is 23.0. The normalized spacial score (nSPS) is 11.1. The SMILES string of the molecule is CCn1c2ccccc2c2cc(NC(=O)CCCC(C)=O)ccc21. The number of aromatic nitrogens is 1. The molecule has 0 saturated heterocycles. The van der Waals surface area contributed by atoms with Crippen LogP contribution in [0.25, 0.3) is 21.8 Å². The van der Waals surface area contributed by atoms with Gasteiger partial charge in [0.2, 0.25) is 5.91 Å². The molecule has 0 fully saturated rings. The number of nitrogens with one attached hydrogen (secondary N) is 1. The lowest BCUT2D eigenvalue weighted by atomic mass is 10.1. The van der Waals surface area contributed by atoms with Gasteiger partial charge in [-0.05, 0) is 44.5 Å². The second kappa shape index (κ2) is 6.87. The van der Waals surface area contributed by atoms with Gasteiger partial charge in [-0.3, -0.25) is 4.79 Å². The monoisotopic (exact) mass is 322 g/mol. The highest BCUT2D eigenvalue weighted by Crippen LogP contribution is 2.30. The minimum Gasteiger partial charge on any atom is -0.341 e. The van der Waals surface area contributed by atoms with Crippen LogP contribution in [-0.2, 0) is 16.1 Å². The van der Waals surface area contributed by atoms with E-state index in [1.54, 1.807) is 6.92 Å². The Morgan fingerprint density at radius 2 is 1.75 bits per heavy atom. The molecule has 1 amide bonds. The lowest BCUT2D eigenvalue weighted by molar-refractivity contribution is -0.117. The topological polar surface area (TPSA) is 51.1 Å². The highest BCUT2D eigenvalue weighted by molar-refractivity contribution is 6.09. The number of nitrogens with zero attached hydrogens (tertiary/aromatic N) is 1. The van der Waals surface area contributed by atoms with Crippen LogP contribution in [0.1, 0.15) is 33.1 Å². The molecule has 2 aromatic carbocycles. The van der Waals surface area contributed by atoms with Crippen LogP contribution >= 0.6 is 0 Å². The molecule has 3 aromatic rings. The molecule has 0 aliphatic rings. The fourth-order valence-electron chi connectivity index (χ4n) is 3.19. The molecule has 0 saturated carbocycles. The molecule has 3 rings (SSSR count). The molecule has 124 valence electrons. The number of rotatable bonds is 6. The highest BCUT2D eigenvalue weighted by atomic mass is 16.1. The average molecular weight is 322 g/mol. The number of para-hydroxylation sites is 1. The first-order valence-electron chi connectivity index (χ1n) is 8.40. The molecule has 0 unspecified atom stereocenters. The molecule has 4 heteroatoms. The van der Waals surface area contributed by atoms with Gasteiger partial charge >= 0.3 is 0 Å². The van der Waals surface area contributed by atoms with Crippen molar-refractivity contribution < 1.29 is 9.59 Å². The van der Waals surface area contributed by atoms with E-state index in [-0.39, 0.29) is 11.7 Å². The molecule has 0 radical (unpaired) electrons. The number of hydrogen-bond acceptors (Lipinski definition) is 2. The van der Waals surface area contributed by atoms with E-state index in [0.29, 0.717) is 19.3 Å². The first-order chi connectivity index (χ1) is 11.6. The predicted molar refractivity (Wildman–Crippen MR) is 98.3 cm³/mol. The number of aryl methyl sites for hydroxylation is 1. The number of carbonyl (C=O) groups is 2. The minimum atomic E-state index is -0.0465. The Kier molecular flexibility index (Phi) is 4.65. The van der Waals surface area contributed by atoms with E-state index in [4.69, 9.17) is 0 Å². The van der Waals surface area contributed by atoms with Crippen molar-refractivity contribution in [2.75, 3.05) is 5.32 Å². The van der Waals surface area contributed by atoms with Gasteiger partial charge in [-0.25, -0.2) is 0 Å². The number of hydrogen-bond donors (Lipinski definition) is 1. The molecule has 0 aliphatic heterocycles. The molecule has 1 heterocycles. The van der Waals surface area contributed by atoms with Crippen LogP contribution in [0, 0.1) is 0 Å². The summed E-state index contributed by atoms with van der Waals surface area (Å²) in [7, 11) is 0. The van der Waals surface area contributed by atoms with E-state index in [1.807, 2.05) is 24.3 Å². The molecular weight excluding hydrogens is 300 g/mol. The van der Waals surface area contributed by atoms with E-state index in [0.717, 1.165) is 17.6 Å². The third-order valence-electron chi connectivity index (χ3n) is 4.31. The number of fused-ring (bicyclic) bond motifs is 3. The molecule has 0 aliphatic carbocycles. The maximum absolute atomic E-state index is 12.0. The van der Waals surface area contributed by atoms with Crippen molar-refractivity contribution in [3.63, 3.8) is 0 Å². The van der Waals surface area contributed by atoms with Crippen LogP contribution in [0.3, 0.4) is 0 Å². The summed E-state index contributed by atoms with van der Waals surface area (Å²) in [6, 6.07) is 14.4. The lowest BCUT2D eigenvalue weighted by Crippen LogP contribution is -2.11. The van der Waals surface area contributed by atoms with Gasteiger partial charge in [0.25, 0.3) is 0 Å². The number of anilines is 1. The van der Waals surface area contributed by atoms with Crippen molar-refractivity contribution in [3.05, 3.63) is 42.5 Å². The van der Waals surface area contributed by atoms with Crippen molar-refractivity contribution >= 4 is 39.2 Å². The summed E-state index contributed by atoms with van der Waals surface area (Å²) in [5.41, 5.74) is 3.18. The Labute approximate surface area is 141 Å². The van der Waals surface area contributed by atoms with Crippen molar-refractivity contribution in [2.24, 2.45) is 0 Å². The van der Waals surface area contributed by atoms with Crippen LogP contribution in [0.4, 0.5) is 5.69 Å². The van der Waals surface area contributed by atoms with Gasteiger partial charge in [-0.15, -0.1) is 0 Å². The Bertz CT molecular complexity index is 909. The maximum Gasteiger partial charge on any atom is 0.224 e. The second-order valence-corrected chi connectivity index (χ2v) is 6.10. The van der Waals surface area contributed by atoms with Gasteiger partial charge in [0, 0.05) is 46.9 Å². The standard InChI is InChI=1S/C20H22N2O2/c1-3-22-18-9-5-4-8-16(18)17-13-15(11-12-19(17)22)21-20(24)10-6-7-14(2)23/h4-5,8-9,11-13H,3,6-7,10H2,1-2H3,(H,21,24). The minimum absolute atomic E-state index is 0.0465. The van der Waals surface area contributed by atoms with Gasteiger partial charge < -0.3 is 14.7 Å². The maximum atomic E-state index is 12.0. The Morgan fingerprint density at radius 3 is 2.50 bits per heavy atom. The molecule has 0 atom stereocenters. The van der Waals surface area contributed by atoms with Crippen LogP contribution in [0.15, 0.2) is 42.5 Å². The van der Waals surface area contributed by atoms with Crippen LogP contribution in [0.5, 0.6) is 0 Å². The van der Waals surface area contributed by atoms with Crippen molar-refractivity contribution in [1.82, 2.24) is 4.57 Å². The third-order valence-corrected chi connectivity index (χ3v) is 4.31.